The van der Waals surface area contributed by atoms with E-state index in [0.717, 1.165) is 32.1 Å². The lowest BCUT2D eigenvalue weighted by atomic mass is 10.5. The molecule has 0 atom stereocenters. The second-order valence-electron chi connectivity index (χ2n) is 2.39. The van der Waals surface area contributed by atoms with Crippen LogP contribution in [0, 0.1) is 0 Å². The fourth-order valence-corrected chi connectivity index (χ4v) is 1.13. The fourth-order valence-electron chi connectivity index (χ4n) is 0.793. The molecule has 11 heavy (non-hydrogen) atoms. The average molecular weight is 177 g/mol. The quantitative estimate of drug-likeness (QED) is 0.285. The van der Waals surface area contributed by atoms with Gasteiger partial charge in [-0.15, -0.1) is 0 Å². The summed E-state index contributed by atoms with van der Waals surface area (Å²) < 4.78 is 0. The molecule has 0 saturated carbocycles. The van der Waals surface area contributed by atoms with Gasteiger partial charge in [0.1, 0.15) is 0 Å². The molecule has 0 radical (unpaired) electrons. The highest BCUT2D eigenvalue weighted by molar-refractivity contribution is 7.80. The van der Waals surface area contributed by atoms with Crippen LogP contribution in [0.15, 0.2) is 0 Å². The predicted octanol–water partition coefficient (Wildman–Crippen LogP) is -0.256. The molecule has 3 nitrogen and oxygen atoms in total. The normalized spacial score (nSPS) is 10.9. The number of rotatable bonds is 7. The van der Waals surface area contributed by atoms with Crippen LogP contribution in [-0.4, -0.2) is 43.5 Å². The monoisotopic (exact) mass is 177 g/mol. The Hall–Kier alpha value is 0.230. The second kappa shape index (κ2) is 8.33. The van der Waals surface area contributed by atoms with Crippen molar-refractivity contribution in [3.05, 3.63) is 0 Å². The molecule has 0 rings (SSSR count). The van der Waals surface area contributed by atoms with Gasteiger partial charge < -0.3 is 11.1 Å². The molecule has 0 aliphatic rings. The van der Waals surface area contributed by atoms with Gasteiger partial charge >= 0.3 is 0 Å². The van der Waals surface area contributed by atoms with Crippen molar-refractivity contribution in [1.29, 1.82) is 0 Å². The van der Waals surface area contributed by atoms with Crippen LogP contribution in [0.1, 0.15) is 6.92 Å². The van der Waals surface area contributed by atoms with Gasteiger partial charge in [0.15, 0.2) is 0 Å². The average Bonchev–Trinajstić information content (AvgIpc) is 2.05. The summed E-state index contributed by atoms with van der Waals surface area (Å²) in [5.74, 6) is 0.834. The molecule has 0 saturated heterocycles. The molecule has 0 bridgehead atoms. The maximum atomic E-state index is 5.32. The molecule has 0 aromatic carbocycles. The highest BCUT2D eigenvalue weighted by atomic mass is 32.1. The Bertz CT molecular complexity index is 76.1. The van der Waals surface area contributed by atoms with E-state index in [2.05, 4.69) is 29.8 Å². The van der Waals surface area contributed by atoms with Gasteiger partial charge in [0, 0.05) is 32.1 Å². The van der Waals surface area contributed by atoms with Crippen molar-refractivity contribution >= 4 is 12.6 Å². The van der Waals surface area contributed by atoms with Gasteiger partial charge in [0.25, 0.3) is 0 Å². The molecule has 0 aromatic heterocycles. The van der Waals surface area contributed by atoms with Gasteiger partial charge in [0.2, 0.25) is 0 Å². The van der Waals surface area contributed by atoms with E-state index < -0.39 is 0 Å². The van der Waals surface area contributed by atoms with Gasteiger partial charge in [-0.25, -0.2) is 0 Å². The topological polar surface area (TPSA) is 41.3 Å². The Morgan fingerprint density at radius 3 is 2.64 bits per heavy atom. The first kappa shape index (κ1) is 11.2. The van der Waals surface area contributed by atoms with Crippen LogP contribution in [-0.2, 0) is 0 Å². The third-order valence-electron chi connectivity index (χ3n) is 1.57. The van der Waals surface area contributed by atoms with E-state index in [4.69, 9.17) is 5.73 Å². The second-order valence-corrected chi connectivity index (χ2v) is 2.67. The van der Waals surface area contributed by atoms with Crippen LogP contribution in [0.2, 0.25) is 0 Å². The highest BCUT2D eigenvalue weighted by Crippen LogP contribution is 1.87. The number of nitrogens with one attached hydrogen (secondary N) is 1. The Morgan fingerprint density at radius 1 is 1.45 bits per heavy atom. The SMILES string of the molecule is CCN(CS)CCNCCN. The third kappa shape index (κ3) is 6.62. The molecule has 0 aliphatic heterocycles. The minimum absolute atomic E-state index is 0.715. The molecular formula is C7H19N3S. The number of hydrogen-bond donors (Lipinski definition) is 3. The Balaban J connectivity index is 3.07. The molecule has 0 spiro atoms. The summed E-state index contributed by atoms with van der Waals surface area (Å²) >= 11 is 4.19. The van der Waals surface area contributed by atoms with Crippen molar-refractivity contribution in [2.45, 2.75) is 6.92 Å². The molecule has 0 unspecified atom stereocenters. The smallest absolute Gasteiger partial charge is 0.0414 e. The molecule has 4 heteroatoms. The maximum Gasteiger partial charge on any atom is 0.0414 e. The summed E-state index contributed by atoms with van der Waals surface area (Å²) in [4.78, 5) is 2.26. The summed E-state index contributed by atoms with van der Waals surface area (Å²) in [6.45, 7) is 6.88. The van der Waals surface area contributed by atoms with Gasteiger partial charge in [-0.3, -0.25) is 4.90 Å². The summed E-state index contributed by atoms with van der Waals surface area (Å²) in [5, 5.41) is 3.23. The zero-order chi connectivity index (χ0) is 8.53. The summed E-state index contributed by atoms with van der Waals surface area (Å²) in [6, 6.07) is 0. The van der Waals surface area contributed by atoms with E-state index in [9.17, 15) is 0 Å². The Morgan fingerprint density at radius 2 is 2.18 bits per heavy atom. The maximum absolute atomic E-state index is 5.32. The van der Waals surface area contributed by atoms with Crippen molar-refractivity contribution in [1.82, 2.24) is 10.2 Å². The lowest BCUT2D eigenvalue weighted by Gasteiger charge is -2.17. The van der Waals surface area contributed by atoms with Crippen LogP contribution in [0.3, 0.4) is 0 Å². The van der Waals surface area contributed by atoms with Gasteiger partial charge in [-0.1, -0.05) is 6.92 Å². The lowest BCUT2D eigenvalue weighted by molar-refractivity contribution is 0.337. The van der Waals surface area contributed by atoms with E-state index in [0.29, 0.717) is 6.54 Å². The zero-order valence-electron chi connectivity index (χ0n) is 7.21. The molecule has 0 amide bonds. The number of nitrogens with two attached hydrogens (primary N) is 1. The molecule has 0 fully saturated rings. The molecule has 0 aliphatic carbocycles. The summed E-state index contributed by atoms with van der Waals surface area (Å²) in [7, 11) is 0. The molecular weight excluding hydrogens is 158 g/mol. The van der Waals surface area contributed by atoms with E-state index >= 15 is 0 Å². The van der Waals surface area contributed by atoms with Gasteiger partial charge in [-0.05, 0) is 6.54 Å². The minimum atomic E-state index is 0.715. The van der Waals surface area contributed by atoms with Crippen LogP contribution >= 0.6 is 12.6 Å². The van der Waals surface area contributed by atoms with Crippen molar-refractivity contribution in [3.63, 3.8) is 0 Å². The van der Waals surface area contributed by atoms with Crippen molar-refractivity contribution in [2.75, 3.05) is 38.6 Å². The van der Waals surface area contributed by atoms with E-state index in [1.165, 1.54) is 0 Å². The van der Waals surface area contributed by atoms with Crippen LogP contribution < -0.4 is 11.1 Å². The highest BCUT2D eigenvalue weighted by Gasteiger charge is 1.96. The molecule has 0 heterocycles. The number of likely N-dealkylation sites (N-methyl/N-ethyl adjacent to an activating group) is 1. The zero-order valence-corrected chi connectivity index (χ0v) is 8.11. The van der Waals surface area contributed by atoms with E-state index in [-0.39, 0.29) is 0 Å². The van der Waals surface area contributed by atoms with Crippen molar-refractivity contribution < 1.29 is 0 Å². The first-order valence-electron chi connectivity index (χ1n) is 4.09. The van der Waals surface area contributed by atoms with Crippen molar-refractivity contribution in [3.8, 4) is 0 Å². The Labute approximate surface area is 74.7 Å². The Kier molecular flexibility index (Phi) is 8.50. The summed E-state index contributed by atoms with van der Waals surface area (Å²) in [6.07, 6.45) is 0. The molecule has 3 N–H and O–H groups in total. The van der Waals surface area contributed by atoms with E-state index in [1.807, 2.05) is 0 Å². The van der Waals surface area contributed by atoms with Crippen LogP contribution in [0.5, 0.6) is 0 Å². The van der Waals surface area contributed by atoms with Gasteiger partial charge in [0.05, 0.1) is 0 Å². The van der Waals surface area contributed by atoms with E-state index in [1.54, 1.807) is 0 Å². The minimum Gasteiger partial charge on any atom is -0.329 e. The molecule has 0 aromatic rings. The lowest BCUT2D eigenvalue weighted by Crippen LogP contribution is -2.33. The fraction of sp³-hybridized carbons (Fsp3) is 1.00. The standard InChI is InChI=1S/C7H19N3S/c1-2-10(7-11)6-5-9-4-3-8/h9,11H,2-8H2,1H3. The first-order chi connectivity index (χ1) is 5.35. The van der Waals surface area contributed by atoms with Crippen LogP contribution in [0.4, 0.5) is 0 Å². The first-order valence-corrected chi connectivity index (χ1v) is 4.72. The van der Waals surface area contributed by atoms with Gasteiger partial charge in [-0.2, -0.15) is 12.6 Å². The number of nitrogens with zero attached hydrogens (tertiary/aromatic N) is 1. The predicted molar refractivity (Wildman–Crippen MR) is 53.0 cm³/mol. The third-order valence-corrected chi connectivity index (χ3v) is 1.97. The number of hydrogen-bond acceptors (Lipinski definition) is 4. The molecule has 68 valence electrons. The van der Waals surface area contributed by atoms with Crippen LogP contribution in [0.25, 0.3) is 0 Å². The number of thiol groups is 1. The largest absolute Gasteiger partial charge is 0.329 e. The summed E-state index contributed by atoms with van der Waals surface area (Å²) in [5.41, 5.74) is 5.32. The van der Waals surface area contributed by atoms with Crippen molar-refractivity contribution in [2.24, 2.45) is 5.73 Å².